The Morgan fingerprint density at radius 2 is 1.88 bits per heavy atom. The number of hydrogen-bond acceptors (Lipinski definition) is 3. The van der Waals surface area contributed by atoms with E-state index in [1.165, 1.54) is 30.2 Å². The molecular formula is C18H18F3NO3. The van der Waals surface area contributed by atoms with Gasteiger partial charge in [-0.2, -0.15) is 13.2 Å². The second-order valence-electron chi connectivity index (χ2n) is 5.21. The number of pyridine rings is 1. The molecule has 0 atom stereocenters. The molecule has 25 heavy (non-hydrogen) atoms. The fourth-order valence-electron chi connectivity index (χ4n) is 2.24. The summed E-state index contributed by atoms with van der Waals surface area (Å²) in [6, 6.07) is 7.55. The Hall–Kier alpha value is -2.70. The molecule has 0 aliphatic heterocycles. The Balaban J connectivity index is 2.40. The van der Waals surface area contributed by atoms with E-state index in [0.717, 1.165) is 5.56 Å². The Labute approximate surface area is 143 Å². The Bertz CT molecular complexity index is 793. The number of alkyl halides is 3. The number of ether oxygens (including phenoxy) is 2. The minimum absolute atomic E-state index is 0.130. The number of hydrogen-bond donors (Lipinski definition) is 0. The standard InChI is InChI=1S/C18H18F3NO3/c1-3-25-9-8-14-12-22(17(23)10-16(14)18(19,20)21)11-13-4-6-15(24-2)7-5-13/h4-10,12H,3,11H2,1-2H3/b9-8+. The van der Waals surface area contributed by atoms with Crippen LogP contribution in [0, 0.1) is 0 Å². The summed E-state index contributed by atoms with van der Waals surface area (Å²) >= 11 is 0. The lowest BCUT2D eigenvalue weighted by molar-refractivity contribution is -0.137. The second-order valence-corrected chi connectivity index (χ2v) is 5.21. The van der Waals surface area contributed by atoms with Gasteiger partial charge in [-0.25, -0.2) is 0 Å². The summed E-state index contributed by atoms with van der Waals surface area (Å²) in [7, 11) is 1.53. The lowest BCUT2D eigenvalue weighted by Crippen LogP contribution is -2.23. The van der Waals surface area contributed by atoms with Crippen molar-refractivity contribution >= 4 is 6.08 Å². The molecule has 2 aromatic rings. The first-order valence-electron chi connectivity index (χ1n) is 7.58. The molecule has 2 rings (SSSR count). The molecule has 0 spiro atoms. The molecule has 0 bridgehead atoms. The quantitative estimate of drug-likeness (QED) is 0.739. The normalized spacial score (nSPS) is 11.7. The molecule has 0 fully saturated rings. The average Bonchev–Trinajstić information content (AvgIpc) is 2.57. The van der Waals surface area contributed by atoms with Gasteiger partial charge < -0.3 is 14.0 Å². The van der Waals surface area contributed by atoms with Crippen LogP contribution in [0.3, 0.4) is 0 Å². The number of methoxy groups -OCH3 is 1. The second kappa shape index (κ2) is 7.92. The third kappa shape index (κ3) is 4.89. The minimum Gasteiger partial charge on any atom is -0.501 e. The molecule has 0 aliphatic carbocycles. The summed E-state index contributed by atoms with van der Waals surface area (Å²) in [5.41, 5.74) is -1.08. The highest BCUT2D eigenvalue weighted by Crippen LogP contribution is 2.31. The van der Waals surface area contributed by atoms with Gasteiger partial charge in [0.25, 0.3) is 5.56 Å². The van der Waals surface area contributed by atoms with Crippen molar-refractivity contribution in [1.82, 2.24) is 4.57 Å². The Morgan fingerprint density at radius 3 is 2.44 bits per heavy atom. The summed E-state index contributed by atoms with van der Waals surface area (Å²) in [5.74, 6) is 0.656. The van der Waals surface area contributed by atoms with Crippen LogP contribution in [0.2, 0.25) is 0 Å². The molecule has 1 aromatic carbocycles. The Kier molecular flexibility index (Phi) is 5.90. The first-order valence-corrected chi connectivity index (χ1v) is 7.58. The first kappa shape index (κ1) is 18.6. The van der Waals surface area contributed by atoms with Crippen LogP contribution in [-0.4, -0.2) is 18.3 Å². The van der Waals surface area contributed by atoms with Gasteiger partial charge in [0, 0.05) is 17.8 Å². The van der Waals surface area contributed by atoms with Crippen molar-refractivity contribution in [1.29, 1.82) is 0 Å². The lowest BCUT2D eigenvalue weighted by Gasteiger charge is -2.13. The fourth-order valence-corrected chi connectivity index (χ4v) is 2.24. The van der Waals surface area contributed by atoms with Crippen molar-refractivity contribution in [2.75, 3.05) is 13.7 Å². The van der Waals surface area contributed by atoms with E-state index in [4.69, 9.17) is 9.47 Å². The van der Waals surface area contributed by atoms with Crippen molar-refractivity contribution in [2.24, 2.45) is 0 Å². The molecule has 7 heteroatoms. The molecule has 0 N–H and O–H groups in total. The van der Waals surface area contributed by atoms with Crippen molar-refractivity contribution < 1.29 is 22.6 Å². The van der Waals surface area contributed by atoms with Gasteiger partial charge in [0.2, 0.25) is 0 Å². The van der Waals surface area contributed by atoms with Crippen molar-refractivity contribution in [2.45, 2.75) is 19.6 Å². The SMILES string of the molecule is CCO/C=C/c1cn(Cc2ccc(OC)cc2)c(=O)cc1C(F)(F)F. The zero-order valence-electron chi connectivity index (χ0n) is 13.8. The van der Waals surface area contributed by atoms with Crippen LogP contribution >= 0.6 is 0 Å². The van der Waals surface area contributed by atoms with E-state index in [-0.39, 0.29) is 12.1 Å². The number of halogens is 3. The van der Waals surface area contributed by atoms with Crippen LogP contribution in [0.15, 0.2) is 47.6 Å². The van der Waals surface area contributed by atoms with E-state index in [2.05, 4.69) is 0 Å². The third-order valence-electron chi connectivity index (χ3n) is 3.48. The monoisotopic (exact) mass is 353 g/mol. The van der Waals surface area contributed by atoms with Crippen LogP contribution in [0.25, 0.3) is 6.08 Å². The topological polar surface area (TPSA) is 40.5 Å². The third-order valence-corrected chi connectivity index (χ3v) is 3.48. The zero-order chi connectivity index (χ0) is 18.4. The molecule has 0 saturated heterocycles. The minimum atomic E-state index is -4.62. The van der Waals surface area contributed by atoms with Gasteiger partial charge >= 0.3 is 6.18 Å². The number of benzene rings is 1. The molecule has 4 nitrogen and oxygen atoms in total. The molecule has 0 amide bonds. The molecule has 0 aliphatic rings. The smallest absolute Gasteiger partial charge is 0.417 e. The van der Waals surface area contributed by atoms with E-state index in [0.29, 0.717) is 18.4 Å². The van der Waals surface area contributed by atoms with Gasteiger partial charge in [-0.05, 0) is 30.7 Å². The van der Waals surface area contributed by atoms with Crippen molar-refractivity contribution in [3.63, 3.8) is 0 Å². The summed E-state index contributed by atoms with van der Waals surface area (Å²) in [5, 5.41) is 0. The molecule has 0 unspecified atom stereocenters. The largest absolute Gasteiger partial charge is 0.501 e. The van der Waals surface area contributed by atoms with Crippen LogP contribution in [0.1, 0.15) is 23.6 Å². The molecule has 134 valence electrons. The van der Waals surface area contributed by atoms with Crippen molar-refractivity contribution in [3.05, 3.63) is 69.8 Å². The summed E-state index contributed by atoms with van der Waals surface area (Å²) < 4.78 is 50.7. The summed E-state index contributed by atoms with van der Waals surface area (Å²) in [6.45, 7) is 2.21. The highest BCUT2D eigenvalue weighted by Gasteiger charge is 2.33. The Morgan fingerprint density at radius 1 is 1.20 bits per heavy atom. The van der Waals surface area contributed by atoms with Crippen LogP contribution in [0.5, 0.6) is 5.75 Å². The van der Waals surface area contributed by atoms with E-state index in [9.17, 15) is 18.0 Å². The first-order chi connectivity index (χ1) is 11.8. The number of aromatic nitrogens is 1. The maximum absolute atomic E-state index is 13.1. The molecule has 1 aromatic heterocycles. The lowest BCUT2D eigenvalue weighted by atomic mass is 10.1. The molecule has 1 heterocycles. The summed E-state index contributed by atoms with van der Waals surface area (Å²) in [4.78, 5) is 12.1. The van der Waals surface area contributed by atoms with E-state index >= 15 is 0 Å². The van der Waals surface area contributed by atoms with Gasteiger partial charge in [0.15, 0.2) is 0 Å². The number of rotatable bonds is 6. The van der Waals surface area contributed by atoms with Gasteiger partial charge in [-0.15, -0.1) is 0 Å². The number of nitrogens with zero attached hydrogens (tertiary/aromatic N) is 1. The average molecular weight is 353 g/mol. The van der Waals surface area contributed by atoms with Gasteiger partial charge in [-0.1, -0.05) is 12.1 Å². The fraction of sp³-hybridized carbons (Fsp3) is 0.278. The molecule has 0 radical (unpaired) electrons. The zero-order valence-corrected chi connectivity index (χ0v) is 13.8. The maximum atomic E-state index is 13.1. The van der Waals surface area contributed by atoms with E-state index < -0.39 is 17.3 Å². The van der Waals surface area contributed by atoms with E-state index in [1.807, 2.05) is 0 Å². The predicted octanol–water partition coefficient (Wildman–Crippen LogP) is 3.93. The van der Waals surface area contributed by atoms with Gasteiger partial charge in [0.1, 0.15) is 5.75 Å². The highest BCUT2D eigenvalue weighted by atomic mass is 19.4. The van der Waals surface area contributed by atoms with Crippen molar-refractivity contribution in [3.8, 4) is 5.75 Å². The predicted molar refractivity (Wildman–Crippen MR) is 88.5 cm³/mol. The van der Waals surface area contributed by atoms with E-state index in [1.54, 1.807) is 31.2 Å². The maximum Gasteiger partial charge on any atom is 0.417 e. The van der Waals surface area contributed by atoms with Gasteiger partial charge in [-0.3, -0.25) is 4.79 Å². The van der Waals surface area contributed by atoms with Crippen LogP contribution in [0.4, 0.5) is 13.2 Å². The molecule has 0 saturated carbocycles. The highest BCUT2D eigenvalue weighted by molar-refractivity contribution is 5.52. The summed E-state index contributed by atoms with van der Waals surface area (Å²) in [6.07, 6.45) is -1.04. The van der Waals surface area contributed by atoms with Gasteiger partial charge in [0.05, 0.1) is 32.1 Å². The van der Waals surface area contributed by atoms with Crippen LogP contribution < -0.4 is 10.3 Å². The molecular weight excluding hydrogens is 335 g/mol. The van der Waals surface area contributed by atoms with Crippen LogP contribution in [-0.2, 0) is 17.5 Å².